The largest absolute Gasteiger partial charge is 0.495 e. The summed E-state index contributed by atoms with van der Waals surface area (Å²) in [7, 11) is 1.60. The molecule has 3 saturated heterocycles. The van der Waals surface area contributed by atoms with Crippen LogP contribution < -0.4 is 20.3 Å². The molecule has 31 heavy (non-hydrogen) atoms. The van der Waals surface area contributed by atoms with Gasteiger partial charge in [-0.3, -0.25) is 9.69 Å². The first-order valence-corrected chi connectivity index (χ1v) is 11.5. The highest BCUT2D eigenvalue weighted by Crippen LogP contribution is 2.33. The van der Waals surface area contributed by atoms with E-state index >= 15 is 0 Å². The zero-order valence-electron chi connectivity index (χ0n) is 18.4. The van der Waals surface area contributed by atoms with Gasteiger partial charge in [-0.1, -0.05) is 0 Å². The van der Waals surface area contributed by atoms with Gasteiger partial charge in [0, 0.05) is 43.8 Å². The van der Waals surface area contributed by atoms with Crippen LogP contribution in [0.25, 0.3) is 0 Å². The number of piperidine rings is 1. The number of carbonyl (C=O) groups is 2. The molecule has 0 unspecified atom stereocenters. The number of nitrogens with one attached hydrogen (secondary N) is 2. The van der Waals surface area contributed by atoms with E-state index in [1.54, 1.807) is 24.1 Å². The van der Waals surface area contributed by atoms with E-state index in [1.165, 1.54) is 12.8 Å². The molecule has 3 aliphatic heterocycles. The Labute approximate surface area is 184 Å². The van der Waals surface area contributed by atoms with E-state index in [9.17, 15) is 9.59 Å². The van der Waals surface area contributed by atoms with Crippen LogP contribution in [0.1, 0.15) is 38.5 Å². The molecule has 2 atom stereocenters. The summed E-state index contributed by atoms with van der Waals surface area (Å²) in [5.41, 5.74) is 1.36. The van der Waals surface area contributed by atoms with E-state index in [2.05, 4.69) is 15.5 Å². The van der Waals surface area contributed by atoms with Crippen LogP contribution >= 0.6 is 0 Å². The number of ether oxygens (including phenoxy) is 2. The summed E-state index contributed by atoms with van der Waals surface area (Å²) >= 11 is 0. The molecule has 4 rings (SSSR count). The summed E-state index contributed by atoms with van der Waals surface area (Å²) in [4.78, 5) is 29.3. The number of nitrogens with zero attached hydrogens (tertiary/aromatic N) is 2. The Balaban J connectivity index is 1.39. The maximum atomic E-state index is 12.7. The second-order valence-electron chi connectivity index (χ2n) is 8.66. The maximum absolute atomic E-state index is 12.7. The van der Waals surface area contributed by atoms with Gasteiger partial charge >= 0.3 is 6.03 Å². The lowest BCUT2D eigenvalue weighted by molar-refractivity contribution is -0.119. The number of hydrogen-bond acceptors (Lipinski definition) is 5. The van der Waals surface area contributed by atoms with Crippen LogP contribution in [0.4, 0.5) is 16.2 Å². The number of hydrogen-bond donors (Lipinski definition) is 2. The number of urea groups is 1. The summed E-state index contributed by atoms with van der Waals surface area (Å²) < 4.78 is 11.1. The minimum Gasteiger partial charge on any atom is -0.495 e. The predicted molar refractivity (Wildman–Crippen MR) is 120 cm³/mol. The van der Waals surface area contributed by atoms with Crippen molar-refractivity contribution in [3.63, 3.8) is 0 Å². The second kappa shape index (κ2) is 10.3. The molecule has 0 radical (unpaired) electrons. The fourth-order valence-electron chi connectivity index (χ4n) is 4.94. The van der Waals surface area contributed by atoms with Crippen molar-refractivity contribution in [2.24, 2.45) is 5.92 Å². The molecule has 0 saturated carbocycles. The SMILES string of the molecule is COc1ccc(NC(=O)NC[C@@H]([C@@H]2CCOC2)N2CCCC2)cc1N1CCCCC1=O. The van der Waals surface area contributed by atoms with Crippen molar-refractivity contribution in [3.8, 4) is 5.75 Å². The smallest absolute Gasteiger partial charge is 0.319 e. The molecule has 170 valence electrons. The molecule has 1 aromatic rings. The monoisotopic (exact) mass is 430 g/mol. The van der Waals surface area contributed by atoms with Crippen LogP contribution in [-0.4, -0.2) is 69.4 Å². The van der Waals surface area contributed by atoms with Crippen LogP contribution in [0, 0.1) is 5.92 Å². The summed E-state index contributed by atoms with van der Waals surface area (Å²) in [5, 5.41) is 5.99. The standard InChI is InChI=1S/C23H34N4O4/c1-30-21-8-7-18(14-19(21)27-12-3-2-6-22(27)28)25-23(29)24-15-20(17-9-13-31-16-17)26-10-4-5-11-26/h7-8,14,17,20H,2-6,9-13,15-16H2,1H3,(H2,24,25,29)/t17-,20+/m1/s1. The first kappa shape index (κ1) is 21.9. The molecular weight excluding hydrogens is 396 g/mol. The molecule has 0 bridgehead atoms. The third-order valence-electron chi connectivity index (χ3n) is 6.64. The minimum atomic E-state index is -0.232. The van der Waals surface area contributed by atoms with Gasteiger partial charge in [0.1, 0.15) is 5.75 Å². The van der Waals surface area contributed by atoms with Crippen molar-refractivity contribution in [1.29, 1.82) is 0 Å². The molecular formula is C23H34N4O4. The fraction of sp³-hybridized carbons (Fsp3) is 0.652. The highest BCUT2D eigenvalue weighted by Gasteiger charge is 2.32. The van der Waals surface area contributed by atoms with Crippen molar-refractivity contribution >= 4 is 23.3 Å². The maximum Gasteiger partial charge on any atom is 0.319 e. The Kier molecular flexibility index (Phi) is 7.29. The third kappa shape index (κ3) is 5.30. The van der Waals surface area contributed by atoms with E-state index in [-0.39, 0.29) is 11.9 Å². The summed E-state index contributed by atoms with van der Waals surface area (Å²) in [6.45, 7) is 5.05. The van der Waals surface area contributed by atoms with Crippen LogP contribution in [0.3, 0.4) is 0 Å². The van der Waals surface area contributed by atoms with Gasteiger partial charge in [0.25, 0.3) is 0 Å². The van der Waals surface area contributed by atoms with Crippen molar-refractivity contribution < 1.29 is 19.1 Å². The van der Waals surface area contributed by atoms with Crippen LogP contribution in [0.5, 0.6) is 5.75 Å². The number of amides is 3. The molecule has 3 amide bonds. The van der Waals surface area contributed by atoms with Crippen molar-refractivity contribution in [2.75, 3.05) is 56.7 Å². The first-order valence-electron chi connectivity index (χ1n) is 11.5. The Morgan fingerprint density at radius 1 is 1.23 bits per heavy atom. The van der Waals surface area contributed by atoms with Gasteiger partial charge in [-0.05, 0) is 63.4 Å². The lowest BCUT2D eigenvalue weighted by Gasteiger charge is -2.32. The van der Waals surface area contributed by atoms with Gasteiger partial charge in [0.05, 0.1) is 19.4 Å². The fourth-order valence-corrected chi connectivity index (χ4v) is 4.94. The lowest BCUT2D eigenvalue weighted by atomic mass is 9.97. The summed E-state index contributed by atoms with van der Waals surface area (Å²) in [6.07, 6.45) is 5.93. The first-order chi connectivity index (χ1) is 15.2. The minimum absolute atomic E-state index is 0.0957. The Morgan fingerprint density at radius 2 is 2.03 bits per heavy atom. The average molecular weight is 431 g/mol. The molecule has 2 N–H and O–H groups in total. The van der Waals surface area contributed by atoms with Gasteiger partial charge in [0.2, 0.25) is 5.91 Å². The number of likely N-dealkylation sites (tertiary alicyclic amines) is 1. The molecule has 8 nitrogen and oxygen atoms in total. The zero-order valence-corrected chi connectivity index (χ0v) is 18.4. The normalized spacial score (nSPS) is 23.1. The molecule has 3 fully saturated rings. The van der Waals surface area contributed by atoms with Gasteiger partial charge in [-0.15, -0.1) is 0 Å². The van der Waals surface area contributed by atoms with E-state index in [0.29, 0.717) is 48.6 Å². The Morgan fingerprint density at radius 3 is 2.74 bits per heavy atom. The van der Waals surface area contributed by atoms with Crippen LogP contribution in [0.15, 0.2) is 18.2 Å². The zero-order chi connectivity index (χ0) is 21.6. The predicted octanol–water partition coefficient (Wildman–Crippen LogP) is 2.83. The Bertz CT molecular complexity index is 759. The van der Waals surface area contributed by atoms with Gasteiger partial charge in [-0.2, -0.15) is 0 Å². The van der Waals surface area contributed by atoms with E-state index in [0.717, 1.165) is 45.6 Å². The Hall–Kier alpha value is -2.32. The third-order valence-corrected chi connectivity index (χ3v) is 6.64. The topological polar surface area (TPSA) is 83.1 Å². The summed E-state index contributed by atoms with van der Waals surface area (Å²) in [5.74, 6) is 1.20. The summed E-state index contributed by atoms with van der Waals surface area (Å²) in [6, 6.07) is 5.51. The van der Waals surface area contributed by atoms with Crippen molar-refractivity contribution in [2.45, 2.75) is 44.6 Å². The molecule has 1 aromatic carbocycles. The van der Waals surface area contributed by atoms with Crippen LogP contribution in [-0.2, 0) is 9.53 Å². The molecule has 3 heterocycles. The molecule has 0 aromatic heterocycles. The van der Waals surface area contributed by atoms with E-state index in [4.69, 9.17) is 9.47 Å². The second-order valence-corrected chi connectivity index (χ2v) is 8.66. The average Bonchev–Trinajstić information content (AvgIpc) is 3.49. The molecule has 8 heteroatoms. The number of methoxy groups -OCH3 is 1. The molecule has 0 aliphatic carbocycles. The molecule has 3 aliphatic rings. The number of carbonyl (C=O) groups excluding carboxylic acids is 2. The number of anilines is 2. The van der Waals surface area contributed by atoms with E-state index in [1.807, 2.05) is 6.07 Å². The van der Waals surface area contributed by atoms with Crippen molar-refractivity contribution in [3.05, 3.63) is 18.2 Å². The van der Waals surface area contributed by atoms with Gasteiger partial charge in [0.15, 0.2) is 0 Å². The highest BCUT2D eigenvalue weighted by molar-refractivity contribution is 5.97. The van der Waals surface area contributed by atoms with Crippen molar-refractivity contribution in [1.82, 2.24) is 10.2 Å². The number of benzene rings is 1. The highest BCUT2D eigenvalue weighted by atomic mass is 16.5. The number of rotatable bonds is 7. The quantitative estimate of drug-likeness (QED) is 0.695. The molecule has 0 spiro atoms. The lowest BCUT2D eigenvalue weighted by Crippen LogP contribution is -2.48. The van der Waals surface area contributed by atoms with E-state index < -0.39 is 0 Å². The van der Waals surface area contributed by atoms with Gasteiger partial charge in [-0.25, -0.2) is 4.79 Å². The van der Waals surface area contributed by atoms with Crippen LogP contribution in [0.2, 0.25) is 0 Å². The van der Waals surface area contributed by atoms with Gasteiger partial charge < -0.3 is 25.0 Å².